The normalized spacial score (nSPS) is 23.7. The summed E-state index contributed by atoms with van der Waals surface area (Å²) in [7, 11) is 0. The summed E-state index contributed by atoms with van der Waals surface area (Å²) in [6.07, 6.45) is 2.24. The minimum atomic E-state index is 0.693. The lowest BCUT2D eigenvalue weighted by atomic mass is 10.0. The van der Waals surface area contributed by atoms with Crippen molar-refractivity contribution in [3.05, 3.63) is 29.3 Å². The highest BCUT2D eigenvalue weighted by Gasteiger charge is 2.28. The molecule has 0 aliphatic carbocycles. The number of rotatable bonds is 4. The molecular formula is C17H27N3O. The average Bonchev–Trinajstić information content (AvgIpc) is 3.00. The van der Waals surface area contributed by atoms with E-state index in [0.717, 1.165) is 52.4 Å². The number of aryl methyl sites for hydroxylation is 1. The number of nitrogens with two attached hydrogens (primary N) is 1. The molecule has 0 spiro atoms. The molecule has 4 nitrogen and oxygen atoms in total. The van der Waals surface area contributed by atoms with Gasteiger partial charge in [0.15, 0.2) is 0 Å². The van der Waals surface area contributed by atoms with Crippen LogP contribution in [0.3, 0.4) is 0 Å². The quantitative estimate of drug-likeness (QED) is 0.910. The van der Waals surface area contributed by atoms with Crippen LogP contribution in [0.5, 0.6) is 0 Å². The number of nitrogens with zero attached hydrogens (tertiary/aromatic N) is 2. The third-order valence-corrected chi connectivity index (χ3v) is 4.83. The van der Waals surface area contributed by atoms with Gasteiger partial charge in [-0.25, -0.2) is 0 Å². The summed E-state index contributed by atoms with van der Waals surface area (Å²) >= 11 is 0. The van der Waals surface area contributed by atoms with E-state index in [1.807, 2.05) is 0 Å². The topological polar surface area (TPSA) is 41.7 Å². The minimum absolute atomic E-state index is 0.693. The molecule has 2 aliphatic rings. The monoisotopic (exact) mass is 289 g/mol. The van der Waals surface area contributed by atoms with E-state index in [4.69, 9.17) is 10.5 Å². The molecular weight excluding hydrogens is 262 g/mol. The highest BCUT2D eigenvalue weighted by atomic mass is 16.5. The van der Waals surface area contributed by atoms with Crippen molar-refractivity contribution < 1.29 is 4.74 Å². The Kier molecular flexibility index (Phi) is 4.78. The summed E-state index contributed by atoms with van der Waals surface area (Å²) in [5.41, 5.74) is 9.78. The molecule has 0 radical (unpaired) electrons. The van der Waals surface area contributed by atoms with Gasteiger partial charge in [0.2, 0.25) is 0 Å². The molecule has 0 saturated carbocycles. The van der Waals surface area contributed by atoms with Crippen molar-refractivity contribution in [2.24, 2.45) is 5.73 Å². The molecule has 116 valence electrons. The van der Waals surface area contributed by atoms with Crippen LogP contribution in [0.25, 0.3) is 0 Å². The molecule has 3 rings (SSSR count). The number of benzene rings is 1. The molecule has 4 heteroatoms. The van der Waals surface area contributed by atoms with Gasteiger partial charge in [-0.3, -0.25) is 4.90 Å². The molecule has 1 aromatic rings. The van der Waals surface area contributed by atoms with Crippen molar-refractivity contribution in [3.63, 3.8) is 0 Å². The Hall–Kier alpha value is -1.10. The van der Waals surface area contributed by atoms with Gasteiger partial charge in [0, 0.05) is 37.9 Å². The summed E-state index contributed by atoms with van der Waals surface area (Å²) in [5, 5.41) is 0. The lowest BCUT2D eigenvalue weighted by molar-refractivity contribution is 0.0209. The van der Waals surface area contributed by atoms with Gasteiger partial charge in [-0.15, -0.1) is 0 Å². The van der Waals surface area contributed by atoms with Crippen LogP contribution >= 0.6 is 0 Å². The molecule has 2 aliphatic heterocycles. The summed E-state index contributed by atoms with van der Waals surface area (Å²) in [6.45, 7) is 9.20. The van der Waals surface area contributed by atoms with Gasteiger partial charge in [-0.05, 0) is 49.6 Å². The zero-order chi connectivity index (χ0) is 14.7. The zero-order valence-corrected chi connectivity index (χ0v) is 13.1. The van der Waals surface area contributed by atoms with Crippen molar-refractivity contribution in [3.8, 4) is 0 Å². The van der Waals surface area contributed by atoms with Gasteiger partial charge in [-0.2, -0.15) is 0 Å². The molecule has 1 unspecified atom stereocenters. The largest absolute Gasteiger partial charge is 0.379 e. The highest BCUT2D eigenvalue weighted by Crippen LogP contribution is 2.25. The second-order valence-corrected chi connectivity index (χ2v) is 6.19. The van der Waals surface area contributed by atoms with Crippen LogP contribution < -0.4 is 10.6 Å². The van der Waals surface area contributed by atoms with Crippen LogP contribution in [0.4, 0.5) is 5.69 Å². The Balaban J connectivity index is 1.64. The highest BCUT2D eigenvalue weighted by molar-refractivity contribution is 5.52. The molecule has 0 amide bonds. The van der Waals surface area contributed by atoms with Crippen LogP contribution in [-0.2, 0) is 11.2 Å². The van der Waals surface area contributed by atoms with E-state index >= 15 is 0 Å². The fourth-order valence-corrected chi connectivity index (χ4v) is 3.53. The predicted octanol–water partition coefficient (Wildman–Crippen LogP) is 1.41. The van der Waals surface area contributed by atoms with Gasteiger partial charge >= 0.3 is 0 Å². The number of hydrogen-bond acceptors (Lipinski definition) is 4. The first kappa shape index (κ1) is 14.8. The Bertz CT molecular complexity index is 471. The SMILES string of the molecule is Cc1cc(N2CCC(N3CCOCC3)C2)ccc1CCN. The zero-order valence-electron chi connectivity index (χ0n) is 13.1. The predicted molar refractivity (Wildman–Crippen MR) is 86.9 cm³/mol. The Morgan fingerprint density at radius 3 is 2.76 bits per heavy atom. The van der Waals surface area contributed by atoms with E-state index in [1.54, 1.807) is 0 Å². The first-order chi connectivity index (χ1) is 10.3. The van der Waals surface area contributed by atoms with E-state index in [2.05, 4.69) is 34.9 Å². The third-order valence-electron chi connectivity index (χ3n) is 4.83. The van der Waals surface area contributed by atoms with Gasteiger partial charge in [0.05, 0.1) is 13.2 Å². The van der Waals surface area contributed by atoms with Crippen molar-refractivity contribution in [2.75, 3.05) is 50.8 Å². The lowest BCUT2D eigenvalue weighted by Gasteiger charge is -2.32. The summed E-state index contributed by atoms with van der Waals surface area (Å²) in [6, 6.07) is 7.53. The molecule has 2 saturated heterocycles. The average molecular weight is 289 g/mol. The second-order valence-electron chi connectivity index (χ2n) is 6.19. The Morgan fingerprint density at radius 1 is 1.24 bits per heavy atom. The smallest absolute Gasteiger partial charge is 0.0594 e. The minimum Gasteiger partial charge on any atom is -0.379 e. The summed E-state index contributed by atoms with van der Waals surface area (Å²) in [4.78, 5) is 5.12. The second kappa shape index (κ2) is 6.77. The molecule has 1 aromatic carbocycles. The molecule has 0 bridgehead atoms. The van der Waals surface area contributed by atoms with Crippen LogP contribution in [0.15, 0.2) is 18.2 Å². The molecule has 2 N–H and O–H groups in total. The van der Waals surface area contributed by atoms with E-state index in [-0.39, 0.29) is 0 Å². The van der Waals surface area contributed by atoms with Crippen LogP contribution in [0.2, 0.25) is 0 Å². The van der Waals surface area contributed by atoms with Crippen LogP contribution in [-0.4, -0.2) is 56.9 Å². The molecule has 1 atom stereocenters. The van der Waals surface area contributed by atoms with Crippen LogP contribution in [0.1, 0.15) is 17.5 Å². The number of hydrogen-bond donors (Lipinski definition) is 1. The first-order valence-electron chi connectivity index (χ1n) is 8.14. The number of morpholine rings is 1. The van der Waals surface area contributed by atoms with Gasteiger partial charge < -0.3 is 15.4 Å². The molecule has 2 heterocycles. The van der Waals surface area contributed by atoms with Gasteiger partial charge in [-0.1, -0.05) is 6.07 Å². The van der Waals surface area contributed by atoms with E-state index < -0.39 is 0 Å². The van der Waals surface area contributed by atoms with Gasteiger partial charge in [0.1, 0.15) is 0 Å². The fourth-order valence-electron chi connectivity index (χ4n) is 3.53. The summed E-state index contributed by atoms with van der Waals surface area (Å²) < 4.78 is 5.46. The molecule has 2 fully saturated rings. The molecule has 0 aromatic heterocycles. The lowest BCUT2D eigenvalue weighted by Crippen LogP contribution is -2.44. The Morgan fingerprint density at radius 2 is 2.05 bits per heavy atom. The first-order valence-corrected chi connectivity index (χ1v) is 8.14. The Labute approximate surface area is 127 Å². The maximum atomic E-state index is 5.66. The number of ether oxygens (including phenoxy) is 1. The maximum absolute atomic E-state index is 5.66. The fraction of sp³-hybridized carbons (Fsp3) is 0.647. The maximum Gasteiger partial charge on any atom is 0.0594 e. The van der Waals surface area contributed by atoms with E-state index in [0.29, 0.717) is 6.04 Å². The van der Waals surface area contributed by atoms with Crippen molar-refractivity contribution >= 4 is 5.69 Å². The van der Waals surface area contributed by atoms with Crippen molar-refractivity contribution in [2.45, 2.75) is 25.8 Å². The third kappa shape index (κ3) is 3.39. The van der Waals surface area contributed by atoms with Crippen LogP contribution in [0, 0.1) is 6.92 Å². The molecule has 21 heavy (non-hydrogen) atoms. The van der Waals surface area contributed by atoms with E-state index in [9.17, 15) is 0 Å². The number of anilines is 1. The standard InChI is InChI=1S/C17H27N3O/c1-14-12-16(3-2-15(14)4-6-18)20-7-5-17(13-20)19-8-10-21-11-9-19/h2-3,12,17H,4-11,13,18H2,1H3. The van der Waals surface area contributed by atoms with Gasteiger partial charge in [0.25, 0.3) is 0 Å². The van der Waals surface area contributed by atoms with Crippen molar-refractivity contribution in [1.29, 1.82) is 0 Å². The van der Waals surface area contributed by atoms with Crippen molar-refractivity contribution in [1.82, 2.24) is 4.90 Å². The van der Waals surface area contributed by atoms with E-state index in [1.165, 1.54) is 23.2 Å². The summed E-state index contributed by atoms with van der Waals surface area (Å²) in [5.74, 6) is 0.